The molecule has 1 nitrogen and oxygen atoms in total. The van der Waals surface area contributed by atoms with Crippen LogP contribution in [0.15, 0.2) is 35.2 Å². The first-order valence-corrected chi connectivity index (χ1v) is 6.74. The average molecular weight is 222 g/mol. The van der Waals surface area contributed by atoms with Crippen LogP contribution in [-0.4, -0.2) is 9.96 Å². The molecule has 0 N–H and O–H groups in total. The zero-order chi connectivity index (χ0) is 11.1. The maximum Gasteiger partial charge on any atom is 0.0529 e. The number of benzene rings is 1. The SMILES string of the molecule is CCC=Cc1cccc(S(=O)CCC)c1. The molecule has 1 unspecified atom stereocenters. The molecule has 0 aliphatic carbocycles. The van der Waals surface area contributed by atoms with Crippen molar-refractivity contribution in [1.29, 1.82) is 0 Å². The van der Waals surface area contributed by atoms with Gasteiger partial charge < -0.3 is 0 Å². The van der Waals surface area contributed by atoms with E-state index in [2.05, 4.69) is 26.0 Å². The van der Waals surface area contributed by atoms with Crippen LogP contribution < -0.4 is 0 Å². The van der Waals surface area contributed by atoms with Crippen LogP contribution in [0.3, 0.4) is 0 Å². The molecule has 0 saturated carbocycles. The molecule has 0 heterocycles. The number of allylic oxidation sites excluding steroid dienone is 1. The third-order valence-electron chi connectivity index (χ3n) is 2.06. The van der Waals surface area contributed by atoms with Crippen molar-refractivity contribution in [3.63, 3.8) is 0 Å². The van der Waals surface area contributed by atoms with Gasteiger partial charge in [-0.05, 0) is 30.5 Å². The molecule has 1 atom stereocenters. The molecule has 0 fully saturated rings. The molecule has 0 bridgehead atoms. The maximum absolute atomic E-state index is 11.8. The fourth-order valence-electron chi connectivity index (χ4n) is 1.32. The van der Waals surface area contributed by atoms with Crippen LogP contribution in [0.4, 0.5) is 0 Å². The molecule has 15 heavy (non-hydrogen) atoms. The predicted molar refractivity (Wildman–Crippen MR) is 67.3 cm³/mol. The largest absolute Gasteiger partial charge is 0.254 e. The lowest BCUT2D eigenvalue weighted by atomic mass is 10.2. The molecular weight excluding hydrogens is 204 g/mol. The molecule has 0 spiro atoms. The summed E-state index contributed by atoms with van der Waals surface area (Å²) in [5, 5.41) is 0. The van der Waals surface area contributed by atoms with E-state index in [4.69, 9.17) is 0 Å². The van der Waals surface area contributed by atoms with E-state index in [-0.39, 0.29) is 0 Å². The number of hydrogen-bond donors (Lipinski definition) is 0. The summed E-state index contributed by atoms with van der Waals surface area (Å²) in [6.45, 7) is 4.16. The monoisotopic (exact) mass is 222 g/mol. The van der Waals surface area contributed by atoms with Crippen molar-refractivity contribution in [2.75, 3.05) is 5.75 Å². The van der Waals surface area contributed by atoms with Crippen LogP contribution >= 0.6 is 0 Å². The lowest BCUT2D eigenvalue weighted by Crippen LogP contribution is -1.96. The summed E-state index contributed by atoms with van der Waals surface area (Å²) >= 11 is 0. The Morgan fingerprint density at radius 2 is 2.13 bits per heavy atom. The van der Waals surface area contributed by atoms with Crippen molar-refractivity contribution in [1.82, 2.24) is 0 Å². The van der Waals surface area contributed by atoms with Gasteiger partial charge in [-0.2, -0.15) is 0 Å². The Balaban J connectivity index is 2.82. The van der Waals surface area contributed by atoms with Gasteiger partial charge in [0.15, 0.2) is 0 Å². The summed E-state index contributed by atoms with van der Waals surface area (Å²) in [7, 11) is -0.833. The molecule has 1 rings (SSSR count). The first kappa shape index (κ1) is 12.2. The average Bonchev–Trinajstić information content (AvgIpc) is 2.27. The fraction of sp³-hybridized carbons (Fsp3) is 0.385. The number of hydrogen-bond acceptors (Lipinski definition) is 1. The third-order valence-corrected chi connectivity index (χ3v) is 3.62. The summed E-state index contributed by atoms with van der Waals surface area (Å²) in [6, 6.07) is 7.96. The lowest BCUT2D eigenvalue weighted by molar-refractivity contribution is 0.682. The van der Waals surface area contributed by atoms with E-state index >= 15 is 0 Å². The van der Waals surface area contributed by atoms with Gasteiger partial charge in [-0.15, -0.1) is 0 Å². The molecule has 2 heteroatoms. The quantitative estimate of drug-likeness (QED) is 0.743. The summed E-state index contributed by atoms with van der Waals surface area (Å²) < 4.78 is 11.8. The van der Waals surface area contributed by atoms with Gasteiger partial charge in [0.2, 0.25) is 0 Å². The van der Waals surface area contributed by atoms with Crippen LogP contribution in [0.1, 0.15) is 32.3 Å². The van der Waals surface area contributed by atoms with Crippen LogP contribution in [0, 0.1) is 0 Å². The lowest BCUT2D eigenvalue weighted by Gasteiger charge is -2.01. The highest BCUT2D eigenvalue weighted by atomic mass is 32.2. The van der Waals surface area contributed by atoms with Gasteiger partial charge >= 0.3 is 0 Å². The molecule has 1 aromatic carbocycles. The Bertz CT molecular complexity index is 355. The molecule has 0 amide bonds. The zero-order valence-electron chi connectivity index (χ0n) is 9.40. The van der Waals surface area contributed by atoms with Gasteiger partial charge in [-0.25, -0.2) is 0 Å². The second-order valence-corrected chi connectivity index (χ2v) is 5.00. The van der Waals surface area contributed by atoms with Crippen LogP contribution in [0.5, 0.6) is 0 Å². The van der Waals surface area contributed by atoms with E-state index in [1.807, 2.05) is 24.3 Å². The van der Waals surface area contributed by atoms with Gasteiger partial charge in [0.25, 0.3) is 0 Å². The smallest absolute Gasteiger partial charge is 0.0529 e. The summed E-state index contributed by atoms with van der Waals surface area (Å²) in [4.78, 5) is 0.940. The molecular formula is C13H18OS. The Labute approximate surface area is 94.7 Å². The predicted octanol–water partition coefficient (Wildman–Crippen LogP) is 3.63. The minimum Gasteiger partial charge on any atom is -0.254 e. The van der Waals surface area contributed by atoms with Gasteiger partial charge in [0.1, 0.15) is 0 Å². The molecule has 82 valence electrons. The number of rotatable bonds is 5. The minimum absolute atomic E-state index is 0.751. The third kappa shape index (κ3) is 4.00. The van der Waals surface area contributed by atoms with Crippen molar-refractivity contribution in [2.24, 2.45) is 0 Å². The topological polar surface area (TPSA) is 17.1 Å². The van der Waals surface area contributed by atoms with Crippen LogP contribution in [0.2, 0.25) is 0 Å². The van der Waals surface area contributed by atoms with Crippen LogP contribution in [0.25, 0.3) is 6.08 Å². The highest BCUT2D eigenvalue weighted by Gasteiger charge is 2.01. The highest BCUT2D eigenvalue weighted by Crippen LogP contribution is 2.12. The van der Waals surface area contributed by atoms with E-state index in [1.54, 1.807) is 0 Å². The van der Waals surface area contributed by atoms with E-state index in [0.717, 1.165) is 29.1 Å². The van der Waals surface area contributed by atoms with Crippen molar-refractivity contribution in [3.8, 4) is 0 Å². The minimum atomic E-state index is -0.833. The van der Waals surface area contributed by atoms with E-state index in [1.165, 1.54) is 0 Å². The molecule has 0 radical (unpaired) electrons. The second-order valence-electron chi connectivity index (χ2n) is 3.43. The standard InChI is InChI=1S/C13H18OS/c1-3-5-7-12-8-6-9-13(11-12)15(14)10-4-2/h5-9,11H,3-4,10H2,1-2H3. The molecule has 0 aliphatic heterocycles. The van der Waals surface area contributed by atoms with E-state index in [0.29, 0.717) is 0 Å². The first-order chi connectivity index (χ1) is 7.27. The van der Waals surface area contributed by atoms with E-state index in [9.17, 15) is 4.21 Å². The van der Waals surface area contributed by atoms with Crippen molar-refractivity contribution >= 4 is 16.9 Å². The van der Waals surface area contributed by atoms with Crippen molar-refractivity contribution < 1.29 is 4.21 Å². The Morgan fingerprint density at radius 1 is 1.33 bits per heavy atom. The Kier molecular flexibility index (Phi) is 5.33. The maximum atomic E-state index is 11.8. The molecule has 0 aliphatic rings. The fourth-order valence-corrected chi connectivity index (χ4v) is 2.42. The second kappa shape index (κ2) is 6.57. The Hall–Kier alpha value is -0.890. The normalized spacial score (nSPS) is 13.2. The van der Waals surface area contributed by atoms with Gasteiger partial charge in [-0.3, -0.25) is 4.21 Å². The molecule has 0 saturated heterocycles. The molecule has 1 aromatic rings. The van der Waals surface area contributed by atoms with E-state index < -0.39 is 10.8 Å². The zero-order valence-corrected chi connectivity index (χ0v) is 10.2. The van der Waals surface area contributed by atoms with Gasteiger partial charge in [-0.1, -0.05) is 38.1 Å². The summed E-state index contributed by atoms with van der Waals surface area (Å²) in [5.74, 6) is 0.751. The summed E-state index contributed by atoms with van der Waals surface area (Å²) in [6.07, 6.45) is 6.18. The van der Waals surface area contributed by atoms with Crippen molar-refractivity contribution in [3.05, 3.63) is 35.9 Å². The van der Waals surface area contributed by atoms with Gasteiger partial charge in [0.05, 0.1) is 10.8 Å². The first-order valence-electron chi connectivity index (χ1n) is 5.43. The Morgan fingerprint density at radius 3 is 2.80 bits per heavy atom. The van der Waals surface area contributed by atoms with Gasteiger partial charge in [0, 0.05) is 10.6 Å². The van der Waals surface area contributed by atoms with Crippen LogP contribution in [-0.2, 0) is 10.8 Å². The highest BCUT2D eigenvalue weighted by molar-refractivity contribution is 7.85. The van der Waals surface area contributed by atoms with Crippen molar-refractivity contribution in [2.45, 2.75) is 31.6 Å². The molecule has 0 aromatic heterocycles. The summed E-state index contributed by atoms with van der Waals surface area (Å²) in [5.41, 5.74) is 1.14.